The number of nitrogens with two attached hydrogens (primary N) is 2. The lowest BCUT2D eigenvalue weighted by atomic mass is 10.1. The highest BCUT2D eigenvalue weighted by atomic mass is 32.2. The maximum absolute atomic E-state index is 11.9. The summed E-state index contributed by atoms with van der Waals surface area (Å²) in [5.41, 5.74) is 6.96. The second-order valence-corrected chi connectivity index (χ2v) is 6.51. The summed E-state index contributed by atoms with van der Waals surface area (Å²) in [6.07, 6.45) is 0.661. The molecule has 1 atom stereocenters. The summed E-state index contributed by atoms with van der Waals surface area (Å²) in [4.78, 5) is 13.5. The van der Waals surface area contributed by atoms with E-state index in [1.54, 1.807) is 24.9 Å². The predicted molar refractivity (Wildman–Crippen MR) is 76.6 cm³/mol. The summed E-state index contributed by atoms with van der Waals surface area (Å²) in [6, 6.07) is 2.56. The summed E-state index contributed by atoms with van der Waals surface area (Å²) in [5.74, 6) is -0.0241. The maximum Gasteiger partial charge on any atom is 0.244 e. The van der Waals surface area contributed by atoms with E-state index in [9.17, 15) is 13.2 Å². The highest BCUT2D eigenvalue weighted by Gasteiger charge is 2.29. The Morgan fingerprint density at radius 1 is 1.40 bits per heavy atom. The van der Waals surface area contributed by atoms with Gasteiger partial charge in [-0.1, -0.05) is 0 Å². The summed E-state index contributed by atoms with van der Waals surface area (Å²) in [6.45, 7) is 2.30. The van der Waals surface area contributed by atoms with E-state index >= 15 is 0 Å². The Kier molecular flexibility index (Phi) is 3.61. The number of anilines is 2. The Labute approximate surface area is 118 Å². The highest BCUT2D eigenvalue weighted by Crippen LogP contribution is 2.27. The van der Waals surface area contributed by atoms with Gasteiger partial charge in [0.15, 0.2) is 0 Å². The van der Waals surface area contributed by atoms with Crippen LogP contribution in [0.3, 0.4) is 0 Å². The van der Waals surface area contributed by atoms with Gasteiger partial charge in [-0.25, -0.2) is 13.6 Å². The van der Waals surface area contributed by atoms with Crippen LogP contribution in [-0.4, -0.2) is 38.9 Å². The highest BCUT2D eigenvalue weighted by molar-refractivity contribution is 7.89. The molecule has 1 fully saturated rings. The maximum atomic E-state index is 11.9. The topological polar surface area (TPSA) is 119 Å². The fraction of sp³-hybridized carbons (Fsp3) is 0.417. The van der Waals surface area contributed by atoms with E-state index in [0.717, 1.165) is 0 Å². The van der Waals surface area contributed by atoms with Crippen molar-refractivity contribution < 1.29 is 13.2 Å². The minimum atomic E-state index is -3.85. The molecule has 8 heteroatoms. The number of nitrogen functional groups attached to an aromatic ring is 1. The van der Waals surface area contributed by atoms with E-state index in [-0.39, 0.29) is 22.5 Å². The molecule has 1 aliphatic heterocycles. The van der Waals surface area contributed by atoms with Crippen LogP contribution in [0.5, 0.6) is 0 Å². The lowest BCUT2D eigenvalue weighted by molar-refractivity contribution is -0.127. The van der Waals surface area contributed by atoms with Crippen molar-refractivity contribution in [2.45, 2.75) is 24.3 Å². The van der Waals surface area contributed by atoms with Crippen molar-refractivity contribution in [3.63, 3.8) is 0 Å². The first-order chi connectivity index (χ1) is 9.20. The minimum absolute atomic E-state index is 0.0241. The van der Waals surface area contributed by atoms with Crippen molar-refractivity contribution in [3.8, 4) is 0 Å². The molecule has 0 radical (unpaired) electrons. The molecule has 1 aromatic carbocycles. The zero-order valence-corrected chi connectivity index (χ0v) is 12.2. The molecule has 0 aliphatic carbocycles. The van der Waals surface area contributed by atoms with Crippen molar-refractivity contribution in [2.24, 2.45) is 5.14 Å². The number of rotatable bonds is 3. The van der Waals surface area contributed by atoms with Crippen LogP contribution in [0.1, 0.15) is 12.0 Å². The SMILES string of the molecule is Cc1c(NC2CCN(C)C2=O)cc(N)cc1S(N)(=O)=O. The first-order valence-corrected chi connectivity index (χ1v) is 7.69. The molecule has 1 aliphatic rings. The smallest absolute Gasteiger partial charge is 0.244 e. The Morgan fingerprint density at radius 3 is 2.55 bits per heavy atom. The molecular formula is C12H18N4O3S. The number of benzene rings is 1. The third kappa shape index (κ3) is 2.70. The average Bonchev–Trinajstić information content (AvgIpc) is 2.64. The zero-order valence-electron chi connectivity index (χ0n) is 11.4. The van der Waals surface area contributed by atoms with Gasteiger partial charge in [-0.2, -0.15) is 0 Å². The van der Waals surface area contributed by atoms with Crippen molar-refractivity contribution >= 4 is 27.3 Å². The number of likely N-dealkylation sites (N-methyl/N-ethyl adjacent to an activating group) is 1. The van der Waals surface area contributed by atoms with E-state index in [1.807, 2.05) is 0 Å². The van der Waals surface area contributed by atoms with Gasteiger partial charge in [0.25, 0.3) is 0 Å². The summed E-state index contributed by atoms with van der Waals surface area (Å²) < 4.78 is 23.1. The second-order valence-electron chi connectivity index (χ2n) is 4.98. The number of likely N-dealkylation sites (tertiary alicyclic amines) is 1. The number of primary sulfonamides is 1. The minimum Gasteiger partial charge on any atom is -0.399 e. The number of carbonyl (C=O) groups is 1. The summed E-state index contributed by atoms with van der Waals surface area (Å²) in [7, 11) is -2.12. The molecule has 0 bridgehead atoms. The molecule has 0 spiro atoms. The molecular weight excluding hydrogens is 280 g/mol. The van der Waals surface area contributed by atoms with Crippen LogP contribution in [0.25, 0.3) is 0 Å². The van der Waals surface area contributed by atoms with Crippen LogP contribution < -0.4 is 16.2 Å². The molecule has 7 nitrogen and oxygen atoms in total. The van der Waals surface area contributed by atoms with E-state index < -0.39 is 10.0 Å². The summed E-state index contributed by atoms with van der Waals surface area (Å²) >= 11 is 0. The van der Waals surface area contributed by atoms with Gasteiger partial charge in [0.1, 0.15) is 6.04 Å². The Balaban J connectivity index is 2.38. The third-order valence-electron chi connectivity index (χ3n) is 3.45. The Hall–Kier alpha value is -1.80. The van der Waals surface area contributed by atoms with Gasteiger partial charge >= 0.3 is 0 Å². The van der Waals surface area contributed by atoms with Gasteiger partial charge in [0.2, 0.25) is 15.9 Å². The van der Waals surface area contributed by atoms with Crippen LogP contribution in [0.4, 0.5) is 11.4 Å². The summed E-state index contributed by atoms with van der Waals surface area (Å²) in [5, 5.41) is 8.22. The predicted octanol–water partition coefficient (Wildman–Crippen LogP) is -0.133. The van der Waals surface area contributed by atoms with Crippen molar-refractivity contribution in [3.05, 3.63) is 17.7 Å². The van der Waals surface area contributed by atoms with Gasteiger partial charge in [0, 0.05) is 25.0 Å². The second kappa shape index (κ2) is 4.95. The molecule has 0 saturated carbocycles. The lowest BCUT2D eigenvalue weighted by Crippen LogP contribution is -2.31. The molecule has 110 valence electrons. The van der Waals surface area contributed by atoms with Crippen LogP contribution in [0.2, 0.25) is 0 Å². The Bertz CT molecular complexity index is 657. The van der Waals surface area contributed by atoms with Crippen LogP contribution in [0, 0.1) is 6.92 Å². The van der Waals surface area contributed by atoms with E-state index in [0.29, 0.717) is 24.2 Å². The number of sulfonamides is 1. The lowest BCUT2D eigenvalue weighted by Gasteiger charge is -2.17. The third-order valence-corrected chi connectivity index (χ3v) is 4.48. The van der Waals surface area contributed by atoms with Crippen molar-refractivity contribution in [1.82, 2.24) is 4.90 Å². The molecule has 0 aromatic heterocycles. The molecule has 5 N–H and O–H groups in total. The molecule has 1 amide bonds. The fourth-order valence-corrected chi connectivity index (χ4v) is 3.14. The van der Waals surface area contributed by atoms with Crippen molar-refractivity contribution in [2.75, 3.05) is 24.6 Å². The van der Waals surface area contributed by atoms with Gasteiger partial charge in [-0.15, -0.1) is 0 Å². The monoisotopic (exact) mass is 298 g/mol. The van der Waals surface area contributed by atoms with E-state index in [4.69, 9.17) is 10.9 Å². The van der Waals surface area contributed by atoms with Gasteiger partial charge < -0.3 is 16.0 Å². The van der Waals surface area contributed by atoms with Crippen LogP contribution in [0.15, 0.2) is 17.0 Å². The van der Waals surface area contributed by atoms with E-state index in [2.05, 4.69) is 5.32 Å². The van der Waals surface area contributed by atoms with Gasteiger partial charge in [-0.3, -0.25) is 4.79 Å². The standard InChI is InChI=1S/C12H18N4O3S/c1-7-10(15-9-3-4-16(2)12(9)17)5-8(13)6-11(7)20(14,18)19/h5-6,9,15H,3-4,13H2,1-2H3,(H2,14,18,19). The van der Waals surface area contributed by atoms with E-state index in [1.165, 1.54) is 6.07 Å². The number of hydrogen-bond donors (Lipinski definition) is 3. The van der Waals surface area contributed by atoms with Crippen molar-refractivity contribution in [1.29, 1.82) is 0 Å². The molecule has 1 saturated heterocycles. The molecule has 2 rings (SSSR count). The largest absolute Gasteiger partial charge is 0.399 e. The fourth-order valence-electron chi connectivity index (χ4n) is 2.30. The number of nitrogens with zero attached hydrogens (tertiary/aromatic N) is 1. The molecule has 20 heavy (non-hydrogen) atoms. The molecule has 1 heterocycles. The number of hydrogen-bond acceptors (Lipinski definition) is 5. The first kappa shape index (κ1) is 14.6. The quantitative estimate of drug-likeness (QED) is 0.672. The first-order valence-electron chi connectivity index (χ1n) is 6.14. The van der Waals surface area contributed by atoms with Crippen LogP contribution in [-0.2, 0) is 14.8 Å². The zero-order chi connectivity index (χ0) is 15.1. The number of carbonyl (C=O) groups excluding carboxylic acids is 1. The Morgan fingerprint density at radius 2 is 2.05 bits per heavy atom. The molecule has 1 aromatic rings. The van der Waals surface area contributed by atoms with Crippen LogP contribution >= 0.6 is 0 Å². The number of amides is 1. The van der Waals surface area contributed by atoms with Gasteiger partial charge in [0.05, 0.1) is 4.90 Å². The average molecular weight is 298 g/mol. The normalized spacial score (nSPS) is 19.4. The number of nitrogens with one attached hydrogen (secondary N) is 1. The van der Waals surface area contributed by atoms with Gasteiger partial charge in [-0.05, 0) is 31.0 Å². The molecule has 1 unspecified atom stereocenters.